The third kappa shape index (κ3) is 2.05. The smallest absolute Gasteiger partial charge is 0.0587 e. The molecule has 0 aliphatic rings. The summed E-state index contributed by atoms with van der Waals surface area (Å²) in [5, 5.41) is 13.5. The SMILES string of the molecule is CC#N.c1ccc2cc3sccc3cc2c1. The molecule has 0 spiro atoms. The average molecular weight is 225 g/mol. The monoisotopic (exact) mass is 225 g/mol. The summed E-state index contributed by atoms with van der Waals surface area (Å²) in [4.78, 5) is 0. The van der Waals surface area contributed by atoms with E-state index >= 15 is 0 Å². The number of benzene rings is 2. The van der Waals surface area contributed by atoms with Crippen LogP contribution in [0.15, 0.2) is 47.8 Å². The lowest BCUT2D eigenvalue weighted by molar-refractivity contribution is 1.49. The summed E-state index contributed by atoms with van der Waals surface area (Å²) in [7, 11) is 0. The predicted octanol–water partition coefficient (Wildman–Crippen LogP) is 4.58. The second-order valence-corrected chi connectivity index (χ2v) is 4.33. The molecule has 2 heteroatoms. The van der Waals surface area contributed by atoms with E-state index in [1.165, 1.54) is 27.8 Å². The Balaban J connectivity index is 0.000000292. The first-order chi connectivity index (χ1) is 7.85. The molecular weight excluding hydrogens is 214 g/mol. The van der Waals surface area contributed by atoms with Gasteiger partial charge in [0, 0.05) is 11.6 Å². The van der Waals surface area contributed by atoms with Crippen molar-refractivity contribution in [1.82, 2.24) is 0 Å². The van der Waals surface area contributed by atoms with Crippen molar-refractivity contribution >= 4 is 32.2 Å². The van der Waals surface area contributed by atoms with Gasteiger partial charge in [0.25, 0.3) is 0 Å². The van der Waals surface area contributed by atoms with Crippen molar-refractivity contribution in [2.45, 2.75) is 6.92 Å². The highest BCUT2D eigenvalue weighted by Gasteiger charge is 1.96. The first-order valence-corrected chi connectivity index (χ1v) is 5.90. The number of nitrogens with zero attached hydrogens (tertiary/aromatic N) is 1. The van der Waals surface area contributed by atoms with E-state index in [4.69, 9.17) is 5.26 Å². The molecule has 0 saturated carbocycles. The topological polar surface area (TPSA) is 23.8 Å². The van der Waals surface area contributed by atoms with Gasteiger partial charge < -0.3 is 0 Å². The molecule has 0 aliphatic heterocycles. The molecule has 16 heavy (non-hydrogen) atoms. The molecule has 3 aromatic rings. The number of nitriles is 1. The number of thiophene rings is 1. The van der Waals surface area contributed by atoms with Crippen molar-refractivity contribution in [2.75, 3.05) is 0 Å². The van der Waals surface area contributed by atoms with E-state index in [-0.39, 0.29) is 0 Å². The quantitative estimate of drug-likeness (QED) is 0.549. The van der Waals surface area contributed by atoms with Crippen LogP contribution in [0.1, 0.15) is 6.92 Å². The van der Waals surface area contributed by atoms with Gasteiger partial charge in [-0.1, -0.05) is 24.3 Å². The molecule has 1 heterocycles. The van der Waals surface area contributed by atoms with Crippen LogP contribution in [0.3, 0.4) is 0 Å². The van der Waals surface area contributed by atoms with Crippen LogP contribution in [0, 0.1) is 11.3 Å². The summed E-state index contributed by atoms with van der Waals surface area (Å²) < 4.78 is 1.37. The Morgan fingerprint density at radius 2 is 1.62 bits per heavy atom. The Labute approximate surface area is 98.6 Å². The van der Waals surface area contributed by atoms with E-state index < -0.39 is 0 Å². The zero-order valence-corrected chi connectivity index (χ0v) is 9.79. The molecular formula is C14H11NS. The van der Waals surface area contributed by atoms with Crippen molar-refractivity contribution in [3.63, 3.8) is 0 Å². The number of fused-ring (bicyclic) bond motifs is 2. The summed E-state index contributed by atoms with van der Waals surface area (Å²) in [5.41, 5.74) is 0. The Morgan fingerprint density at radius 3 is 2.31 bits per heavy atom. The molecule has 0 radical (unpaired) electrons. The number of hydrogen-bond donors (Lipinski definition) is 0. The highest BCUT2D eigenvalue weighted by molar-refractivity contribution is 7.17. The molecule has 2 aromatic carbocycles. The Hall–Kier alpha value is -1.85. The van der Waals surface area contributed by atoms with E-state index in [1.54, 1.807) is 17.4 Å². The van der Waals surface area contributed by atoms with E-state index in [0.717, 1.165) is 0 Å². The maximum atomic E-state index is 7.32. The molecule has 1 aromatic heterocycles. The van der Waals surface area contributed by atoms with Crippen LogP contribution in [0.25, 0.3) is 20.9 Å². The molecule has 0 fully saturated rings. The predicted molar refractivity (Wildman–Crippen MR) is 70.6 cm³/mol. The van der Waals surface area contributed by atoms with Gasteiger partial charge in [-0.25, -0.2) is 0 Å². The summed E-state index contributed by atoms with van der Waals surface area (Å²) in [5.74, 6) is 0. The van der Waals surface area contributed by atoms with Gasteiger partial charge in [-0.3, -0.25) is 0 Å². The van der Waals surface area contributed by atoms with Crippen LogP contribution in [-0.2, 0) is 0 Å². The highest BCUT2D eigenvalue weighted by atomic mass is 32.1. The minimum atomic E-state index is 1.33. The average Bonchev–Trinajstić information content (AvgIpc) is 2.74. The number of rotatable bonds is 0. The molecule has 78 valence electrons. The standard InChI is InChI=1S/C12H8S.C2H3N/c1-2-4-10-8-12-11(5-6-13-12)7-9(10)3-1;1-2-3/h1-8H;1H3. The molecule has 0 bridgehead atoms. The first kappa shape index (κ1) is 10.7. The zero-order valence-electron chi connectivity index (χ0n) is 8.97. The molecule has 0 amide bonds. The molecule has 1 nitrogen and oxygen atoms in total. The fourth-order valence-electron chi connectivity index (χ4n) is 1.65. The zero-order chi connectivity index (χ0) is 11.4. The third-order valence-corrected chi connectivity index (χ3v) is 3.20. The molecule has 0 saturated heterocycles. The lowest BCUT2D eigenvalue weighted by Gasteiger charge is -1.96. The summed E-state index contributed by atoms with van der Waals surface area (Å²) in [6, 6.07) is 16.9. The molecule has 3 rings (SSSR count). The highest BCUT2D eigenvalue weighted by Crippen LogP contribution is 2.26. The minimum Gasteiger partial charge on any atom is -0.199 e. The summed E-state index contributed by atoms with van der Waals surface area (Å²) in [6.45, 7) is 1.43. The Morgan fingerprint density at radius 1 is 1.00 bits per heavy atom. The largest absolute Gasteiger partial charge is 0.199 e. The van der Waals surface area contributed by atoms with Crippen LogP contribution in [0.4, 0.5) is 0 Å². The van der Waals surface area contributed by atoms with Crippen molar-refractivity contribution in [2.24, 2.45) is 0 Å². The van der Waals surface area contributed by atoms with Crippen molar-refractivity contribution in [1.29, 1.82) is 5.26 Å². The normalized spacial score (nSPS) is 9.50. The lowest BCUT2D eigenvalue weighted by atomic mass is 10.1. The molecule has 0 aliphatic carbocycles. The van der Waals surface area contributed by atoms with Gasteiger partial charge in [0.05, 0.1) is 6.07 Å². The van der Waals surface area contributed by atoms with Crippen molar-refractivity contribution in [3.05, 3.63) is 47.8 Å². The molecule has 0 atom stereocenters. The third-order valence-electron chi connectivity index (χ3n) is 2.32. The molecule has 0 N–H and O–H groups in total. The summed E-state index contributed by atoms with van der Waals surface area (Å²) in [6.07, 6.45) is 0. The van der Waals surface area contributed by atoms with E-state index in [1.807, 2.05) is 0 Å². The van der Waals surface area contributed by atoms with Crippen LogP contribution < -0.4 is 0 Å². The lowest BCUT2D eigenvalue weighted by Crippen LogP contribution is -1.69. The van der Waals surface area contributed by atoms with Gasteiger partial charge >= 0.3 is 0 Å². The fraction of sp³-hybridized carbons (Fsp3) is 0.0714. The molecule has 0 unspecified atom stereocenters. The first-order valence-electron chi connectivity index (χ1n) is 5.02. The van der Waals surface area contributed by atoms with Gasteiger partial charge in [-0.2, -0.15) is 5.26 Å². The Kier molecular flexibility index (Phi) is 3.19. The Bertz CT molecular complexity index is 597. The van der Waals surface area contributed by atoms with Gasteiger partial charge in [0.2, 0.25) is 0 Å². The van der Waals surface area contributed by atoms with Crippen molar-refractivity contribution < 1.29 is 0 Å². The van der Waals surface area contributed by atoms with Gasteiger partial charge in [0.15, 0.2) is 0 Å². The van der Waals surface area contributed by atoms with Crippen LogP contribution in [0.2, 0.25) is 0 Å². The summed E-state index contributed by atoms with van der Waals surface area (Å²) >= 11 is 1.80. The number of hydrogen-bond acceptors (Lipinski definition) is 2. The van der Waals surface area contributed by atoms with E-state index in [9.17, 15) is 0 Å². The second-order valence-electron chi connectivity index (χ2n) is 3.38. The fourth-order valence-corrected chi connectivity index (χ4v) is 2.47. The van der Waals surface area contributed by atoms with E-state index in [2.05, 4.69) is 47.8 Å². The maximum Gasteiger partial charge on any atom is 0.0587 e. The van der Waals surface area contributed by atoms with Gasteiger partial charge in [-0.15, -0.1) is 11.3 Å². The van der Waals surface area contributed by atoms with Crippen LogP contribution in [0.5, 0.6) is 0 Å². The second kappa shape index (κ2) is 4.78. The van der Waals surface area contributed by atoms with Gasteiger partial charge in [-0.05, 0) is 39.7 Å². The maximum absolute atomic E-state index is 7.32. The minimum absolute atomic E-state index is 1.33. The van der Waals surface area contributed by atoms with Gasteiger partial charge in [0.1, 0.15) is 0 Å². The van der Waals surface area contributed by atoms with Crippen LogP contribution in [-0.4, -0.2) is 0 Å². The van der Waals surface area contributed by atoms with E-state index in [0.29, 0.717) is 0 Å². The van der Waals surface area contributed by atoms with Crippen molar-refractivity contribution in [3.8, 4) is 6.07 Å². The van der Waals surface area contributed by atoms with Crippen LogP contribution >= 0.6 is 11.3 Å².